The van der Waals surface area contributed by atoms with E-state index < -0.39 is 0 Å². The van der Waals surface area contributed by atoms with Gasteiger partial charge >= 0.3 is 0 Å². The number of hydrogen-bond acceptors (Lipinski definition) is 2. The number of H-pyrrole nitrogens is 1. The fraction of sp³-hybridized carbons (Fsp3) is 0.231. The molecule has 1 aliphatic carbocycles. The SMILES string of the molecule is O=C(Nc1ccc2[nH]ccc(=O)c2c1)C1CC1. The van der Waals surface area contributed by atoms with Gasteiger partial charge in [-0.25, -0.2) is 0 Å². The molecule has 4 nitrogen and oxygen atoms in total. The fourth-order valence-electron chi connectivity index (χ4n) is 1.84. The molecule has 1 aliphatic rings. The van der Waals surface area contributed by atoms with E-state index >= 15 is 0 Å². The van der Waals surface area contributed by atoms with E-state index in [1.165, 1.54) is 6.07 Å². The molecular weight excluding hydrogens is 216 g/mol. The second kappa shape index (κ2) is 3.73. The van der Waals surface area contributed by atoms with Crippen LogP contribution in [0.5, 0.6) is 0 Å². The fourth-order valence-corrected chi connectivity index (χ4v) is 1.84. The van der Waals surface area contributed by atoms with Crippen LogP contribution >= 0.6 is 0 Å². The predicted molar refractivity (Wildman–Crippen MR) is 65.9 cm³/mol. The zero-order valence-electron chi connectivity index (χ0n) is 9.19. The molecule has 1 fully saturated rings. The van der Waals surface area contributed by atoms with Gasteiger partial charge < -0.3 is 10.3 Å². The summed E-state index contributed by atoms with van der Waals surface area (Å²) in [5, 5.41) is 3.43. The molecule has 3 rings (SSSR count). The average Bonchev–Trinajstić information content (AvgIpc) is 3.14. The molecule has 4 heteroatoms. The highest BCUT2D eigenvalue weighted by molar-refractivity contribution is 5.96. The Kier molecular flexibility index (Phi) is 2.21. The van der Waals surface area contributed by atoms with Crippen LogP contribution in [0.2, 0.25) is 0 Å². The van der Waals surface area contributed by atoms with E-state index in [0.29, 0.717) is 11.1 Å². The molecule has 0 spiro atoms. The Labute approximate surface area is 97.7 Å². The summed E-state index contributed by atoms with van der Waals surface area (Å²) in [6.45, 7) is 0. The molecule has 0 aliphatic heterocycles. The normalized spacial score (nSPS) is 14.8. The molecule has 0 unspecified atom stereocenters. The minimum Gasteiger partial charge on any atom is -0.361 e. The molecule has 0 bridgehead atoms. The van der Waals surface area contributed by atoms with Crippen molar-refractivity contribution in [1.29, 1.82) is 0 Å². The number of carbonyl (C=O) groups excluding carboxylic acids is 1. The van der Waals surface area contributed by atoms with Gasteiger partial charge in [0.2, 0.25) is 5.91 Å². The van der Waals surface area contributed by atoms with Gasteiger partial charge in [-0.15, -0.1) is 0 Å². The van der Waals surface area contributed by atoms with Crippen molar-refractivity contribution in [1.82, 2.24) is 4.98 Å². The number of aromatic amines is 1. The van der Waals surface area contributed by atoms with Crippen LogP contribution in [0.25, 0.3) is 10.9 Å². The van der Waals surface area contributed by atoms with E-state index in [-0.39, 0.29) is 17.3 Å². The largest absolute Gasteiger partial charge is 0.361 e. The lowest BCUT2D eigenvalue weighted by Crippen LogP contribution is -2.13. The van der Waals surface area contributed by atoms with Crippen molar-refractivity contribution in [2.45, 2.75) is 12.8 Å². The van der Waals surface area contributed by atoms with E-state index in [9.17, 15) is 9.59 Å². The van der Waals surface area contributed by atoms with E-state index in [2.05, 4.69) is 10.3 Å². The van der Waals surface area contributed by atoms with Gasteiger partial charge in [0, 0.05) is 34.8 Å². The summed E-state index contributed by atoms with van der Waals surface area (Å²) in [4.78, 5) is 26.2. The summed E-state index contributed by atoms with van der Waals surface area (Å²) < 4.78 is 0. The standard InChI is InChI=1S/C13H12N2O2/c16-12-5-6-14-11-4-3-9(7-10(11)12)15-13(17)8-1-2-8/h3-8H,1-2H2,(H,14,16)(H,15,17). The Hall–Kier alpha value is -2.10. The second-order valence-corrected chi connectivity index (χ2v) is 4.37. The first-order valence-corrected chi connectivity index (χ1v) is 5.66. The summed E-state index contributed by atoms with van der Waals surface area (Å²) in [5.74, 6) is 0.219. The minimum absolute atomic E-state index is 0.0405. The second-order valence-electron chi connectivity index (χ2n) is 4.37. The third kappa shape index (κ3) is 1.93. The Morgan fingerprint density at radius 2 is 2.12 bits per heavy atom. The number of hydrogen-bond donors (Lipinski definition) is 2. The van der Waals surface area contributed by atoms with Crippen LogP contribution in [0.15, 0.2) is 35.3 Å². The first kappa shape index (κ1) is 10.1. The monoisotopic (exact) mass is 228 g/mol. The van der Waals surface area contributed by atoms with Crippen molar-refractivity contribution in [3.8, 4) is 0 Å². The maximum atomic E-state index is 11.6. The summed E-state index contributed by atoms with van der Waals surface area (Å²) in [7, 11) is 0. The highest BCUT2D eigenvalue weighted by Gasteiger charge is 2.29. The number of amides is 1. The molecule has 17 heavy (non-hydrogen) atoms. The zero-order chi connectivity index (χ0) is 11.8. The van der Waals surface area contributed by atoms with Crippen molar-refractivity contribution in [2.24, 2.45) is 5.92 Å². The van der Waals surface area contributed by atoms with Gasteiger partial charge in [0.1, 0.15) is 0 Å². The maximum absolute atomic E-state index is 11.6. The molecule has 0 atom stereocenters. The van der Waals surface area contributed by atoms with Crippen LogP contribution in [0.1, 0.15) is 12.8 Å². The van der Waals surface area contributed by atoms with Gasteiger partial charge in [-0.3, -0.25) is 9.59 Å². The Balaban J connectivity index is 1.98. The van der Waals surface area contributed by atoms with Crippen LogP contribution in [0.3, 0.4) is 0 Å². The third-order valence-corrected chi connectivity index (χ3v) is 2.97. The first-order chi connectivity index (χ1) is 8.24. The van der Waals surface area contributed by atoms with Crippen molar-refractivity contribution < 1.29 is 4.79 Å². The molecule has 2 N–H and O–H groups in total. The number of benzene rings is 1. The van der Waals surface area contributed by atoms with Crippen LogP contribution < -0.4 is 10.7 Å². The molecule has 1 aromatic carbocycles. The Bertz CT molecular complexity index is 641. The smallest absolute Gasteiger partial charge is 0.227 e. The number of nitrogens with one attached hydrogen (secondary N) is 2. The number of fused-ring (bicyclic) bond motifs is 1. The number of rotatable bonds is 2. The lowest BCUT2D eigenvalue weighted by molar-refractivity contribution is -0.117. The van der Waals surface area contributed by atoms with Gasteiger partial charge in [0.05, 0.1) is 0 Å². The number of aromatic nitrogens is 1. The molecular formula is C13H12N2O2. The summed E-state index contributed by atoms with van der Waals surface area (Å²) in [6.07, 6.45) is 3.56. The molecule has 1 aromatic heterocycles. The zero-order valence-corrected chi connectivity index (χ0v) is 9.19. The van der Waals surface area contributed by atoms with Gasteiger partial charge in [-0.2, -0.15) is 0 Å². The molecule has 86 valence electrons. The number of carbonyl (C=O) groups is 1. The topological polar surface area (TPSA) is 62.0 Å². The summed E-state index contributed by atoms with van der Waals surface area (Å²) in [5.41, 5.74) is 1.43. The molecule has 1 saturated carbocycles. The summed E-state index contributed by atoms with van der Waals surface area (Å²) in [6, 6.07) is 6.81. The predicted octanol–water partition coefficient (Wildman–Crippen LogP) is 1.88. The Morgan fingerprint density at radius 1 is 1.29 bits per heavy atom. The third-order valence-electron chi connectivity index (χ3n) is 2.97. The minimum atomic E-state index is -0.0405. The average molecular weight is 228 g/mol. The van der Waals surface area contributed by atoms with Crippen LogP contribution in [-0.2, 0) is 4.79 Å². The van der Waals surface area contributed by atoms with Crippen molar-refractivity contribution in [2.75, 3.05) is 5.32 Å². The molecule has 2 aromatic rings. The summed E-state index contributed by atoms with van der Waals surface area (Å²) >= 11 is 0. The van der Waals surface area contributed by atoms with Gasteiger partial charge in [0.15, 0.2) is 5.43 Å². The maximum Gasteiger partial charge on any atom is 0.227 e. The number of anilines is 1. The van der Waals surface area contributed by atoms with Crippen LogP contribution in [0.4, 0.5) is 5.69 Å². The quantitative estimate of drug-likeness (QED) is 0.824. The van der Waals surface area contributed by atoms with Gasteiger partial charge in [-0.05, 0) is 31.0 Å². The van der Waals surface area contributed by atoms with E-state index in [0.717, 1.165) is 18.4 Å². The molecule has 0 radical (unpaired) electrons. The van der Waals surface area contributed by atoms with Crippen molar-refractivity contribution in [3.05, 3.63) is 40.7 Å². The van der Waals surface area contributed by atoms with Crippen molar-refractivity contribution >= 4 is 22.5 Å². The van der Waals surface area contributed by atoms with Gasteiger partial charge in [-0.1, -0.05) is 0 Å². The van der Waals surface area contributed by atoms with E-state index in [1.807, 2.05) is 0 Å². The van der Waals surface area contributed by atoms with Crippen molar-refractivity contribution in [3.63, 3.8) is 0 Å². The lowest BCUT2D eigenvalue weighted by Gasteiger charge is -2.05. The highest BCUT2D eigenvalue weighted by atomic mass is 16.2. The first-order valence-electron chi connectivity index (χ1n) is 5.66. The molecule has 0 saturated heterocycles. The van der Waals surface area contributed by atoms with E-state index in [1.54, 1.807) is 24.4 Å². The van der Waals surface area contributed by atoms with E-state index in [4.69, 9.17) is 0 Å². The molecule has 1 amide bonds. The van der Waals surface area contributed by atoms with Gasteiger partial charge in [0.25, 0.3) is 0 Å². The number of pyridine rings is 1. The van der Waals surface area contributed by atoms with Crippen LogP contribution in [0, 0.1) is 5.92 Å². The Morgan fingerprint density at radius 3 is 2.88 bits per heavy atom. The lowest BCUT2D eigenvalue weighted by atomic mass is 10.2. The highest BCUT2D eigenvalue weighted by Crippen LogP contribution is 2.30. The van der Waals surface area contributed by atoms with Crippen LogP contribution in [-0.4, -0.2) is 10.9 Å². The molecule has 1 heterocycles.